The number of amides is 1. The lowest BCUT2D eigenvalue weighted by molar-refractivity contribution is -0.193. The number of hydrogen-bond donors (Lipinski definition) is 1. The summed E-state index contributed by atoms with van der Waals surface area (Å²) < 4.78 is 96.9. The highest BCUT2D eigenvalue weighted by atomic mass is 19.4. The van der Waals surface area contributed by atoms with E-state index in [2.05, 4.69) is 52.8 Å². The van der Waals surface area contributed by atoms with Crippen LogP contribution in [0, 0.1) is 11.3 Å². The molecule has 1 amide bonds. The number of nitrogens with zero attached hydrogens (tertiary/aromatic N) is 2. The lowest BCUT2D eigenvalue weighted by Crippen LogP contribution is -2.60. The van der Waals surface area contributed by atoms with Crippen LogP contribution in [0.2, 0.25) is 0 Å². The highest BCUT2D eigenvalue weighted by molar-refractivity contribution is 6.41. The zero-order chi connectivity index (χ0) is 35.9. The van der Waals surface area contributed by atoms with Crippen molar-refractivity contribution >= 4 is 17.5 Å². The van der Waals surface area contributed by atoms with Gasteiger partial charge >= 0.3 is 30.5 Å². The molecule has 2 aliphatic heterocycles. The van der Waals surface area contributed by atoms with E-state index < -0.39 is 30.5 Å². The van der Waals surface area contributed by atoms with E-state index in [0.717, 1.165) is 50.1 Å². The largest absolute Gasteiger partial charge is 0.458 e. The number of piperidine rings is 1. The van der Waals surface area contributed by atoms with Crippen molar-refractivity contribution in [3.05, 3.63) is 65.7 Å². The first kappa shape index (κ1) is 38.9. The number of halogens is 8. The second-order valence-electron chi connectivity index (χ2n) is 12.8. The van der Waals surface area contributed by atoms with Gasteiger partial charge in [0, 0.05) is 32.1 Å². The number of nitrogens with one attached hydrogen (secondary N) is 1. The lowest BCUT2D eigenvalue weighted by atomic mass is 9.82. The van der Waals surface area contributed by atoms with E-state index in [1.165, 1.54) is 0 Å². The fourth-order valence-electron chi connectivity index (χ4n) is 5.87. The van der Waals surface area contributed by atoms with Crippen LogP contribution < -0.4 is 10.1 Å². The highest BCUT2D eigenvalue weighted by Crippen LogP contribution is 2.36. The summed E-state index contributed by atoms with van der Waals surface area (Å²) in [6.45, 7) is 7.95. The highest BCUT2D eigenvalue weighted by Gasteiger charge is 2.54. The average molecular weight is 694 g/mol. The smallest absolute Gasteiger partial charge is 0.435 e. The Morgan fingerprint density at radius 3 is 1.81 bits per heavy atom. The summed E-state index contributed by atoms with van der Waals surface area (Å²) in [6.07, 6.45) is -8.79. The molecule has 0 saturated carbocycles. The molecule has 2 aliphatic rings. The van der Waals surface area contributed by atoms with Gasteiger partial charge in [0.1, 0.15) is 5.75 Å². The Bertz CT molecular complexity index is 1330. The molecular weight excluding hydrogens is 654 g/mol. The Balaban J connectivity index is 0.000000444. The minimum Gasteiger partial charge on any atom is -0.435 e. The molecule has 2 aromatic carbocycles. The molecule has 0 aliphatic carbocycles. The molecule has 48 heavy (non-hydrogen) atoms. The Morgan fingerprint density at radius 1 is 0.812 bits per heavy atom. The summed E-state index contributed by atoms with van der Waals surface area (Å²) in [5.74, 6) is -5.93. The summed E-state index contributed by atoms with van der Waals surface area (Å²) >= 11 is 0. The van der Waals surface area contributed by atoms with Crippen molar-refractivity contribution in [2.75, 3.05) is 32.7 Å². The van der Waals surface area contributed by atoms with E-state index in [4.69, 9.17) is 0 Å². The summed E-state index contributed by atoms with van der Waals surface area (Å²) in [5.41, 5.74) is 2.07. The first-order valence-corrected chi connectivity index (χ1v) is 15.4. The number of alkyl halides is 8. The monoisotopic (exact) mass is 693 g/mol. The predicted octanol–water partition coefficient (Wildman–Crippen LogP) is 6.58. The van der Waals surface area contributed by atoms with Gasteiger partial charge in [-0.05, 0) is 60.5 Å². The van der Waals surface area contributed by atoms with E-state index in [1.54, 1.807) is 12.1 Å². The molecule has 7 nitrogen and oxygen atoms in total. The van der Waals surface area contributed by atoms with Gasteiger partial charge in [0.15, 0.2) is 0 Å². The molecule has 0 radical (unpaired) electrons. The molecule has 2 atom stereocenters. The van der Waals surface area contributed by atoms with Crippen LogP contribution in [0.25, 0.3) is 0 Å². The molecule has 2 aromatic rings. The molecule has 2 fully saturated rings. The number of hydrogen-bond acceptors (Lipinski definition) is 6. The second-order valence-corrected chi connectivity index (χ2v) is 12.8. The van der Waals surface area contributed by atoms with Crippen LogP contribution in [0.3, 0.4) is 0 Å². The van der Waals surface area contributed by atoms with Crippen molar-refractivity contribution in [1.29, 1.82) is 0 Å². The van der Waals surface area contributed by atoms with Gasteiger partial charge in [0.05, 0.1) is 6.04 Å². The number of rotatable bonds is 8. The van der Waals surface area contributed by atoms with E-state index >= 15 is 0 Å². The molecular formula is C33H39F8N3O4. The Labute approximate surface area is 273 Å². The van der Waals surface area contributed by atoms with Crippen LogP contribution in [0.1, 0.15) is 57.2 Å². The van der Waals surface area contributed by atoms with Crippen LogP contribution in [-0.4, -0.2) is 85.0 Å². The van der Waals surface area contributed by atoms with Crippen LogP contribution in [0.4, 0.5) is 35.1 Å². The van der Waals surface area contributed by atoms with Crippen molar-refractivity contribution in [3.8, 4) is 5.75 Å². The van der Waals surface area contributed by atoms with Gasteiger partial charge in [-0.15, -0.1) is 0 Å². The second kappa shape index (κ2) is 16.2. The van der Waals surface area contributed by atoms with E-state index in [9.17, 15) is 49.5 Å². The Morgan fingerprint density at radius 2 is 1.33 bits per heavy atom. The quantitative estimate of drug-likeness (QED) is 0.249. The van der Waals surface area contributed by atoms with Gasteiger partial charge in [-0.25, -0.2) is 0 Å². The summed E-state index contributed by atoms with van der Waals surface area (Å²) in [5, 5.41) is 3.39. The topological polar surface area (TPSA) is 79.0 Å². The third-order valence-corrected chi connectivity index (χ3v) is 8.28. The maximum Gasteiger partial charge on any atom is 0.458 e. The van der Waals surface area contributed by atoms with Gasteiger partial charge < -0.3 is 15.0 Å². The van der Waals surface area contributed by atoms with E-state index in [1.807, 2.05) is 30.3 Å². The minimum atomic E-state index is -5.77. The summed E-state index contributed by atoms with van der Waals surface area (Å²) in [4.78, 5) is 37.3. The molecule has 15 heteroatoms. The third-order valence-electron chi connectivity index (χ3n) is 8.28. The average Bonchev–Trinajstić information content (AvgIpc) is 3.01. The van der Waals surface area contributed by atoms with Crippen molar-refractivity contribution in [1.82, 2.24) is 15.1 Å². The molecule has 2 saturated heterocycles. The van der Waals surface area contributed by atoms with Crippen molar-refractivity contribution in [3.63, 3.8) is 0 Å². The Kier molecular flexibility index (Phi) is 13.1. The maximum atomic E-state index is 13.5. The van der Waals surface area contributed by atoms with Crippen molar-refractivity contribution < 1.29 is 54.2 Å². The van der Waals surface area contributed by atoms with Gasteiger partial charge in [0.2, 0.25) is 5.91 Å². The number of ketones is 2. The van der Waals surface area contributed by atoms with Gasteiger partial charge in [-0.2, -0.15) is 35.1 Å². The molecule has 4 rings (SSSR count). The van der Waals surface area contributed by atoms with Crippen LogP contribution in [0.15, 0.2) is 54.6 Å². The standard InChI is InChI=1S/C29H39F2N3O2.C4F6O2/c1-29(2,3)25-20-33(17-18-34(25)26(35)19-21-13-15-32-16-14-21)27(22-7-5-4-6-8-22)23-9-11-24(12-10-23)36-28(30)31;5-3(6,7)1(11)2(12)4(8,9)10/h4-12,21,25,27-28,32H,13-20H2,1-3H3;/t25-,27?;/m1./s1. The predicted molar refractivity (Wildman–Crippen MR) is 160 cm³/mol. The third kappa shape index (κ3) is 11.0. The van der Waals surface area contributed by atoms with Crippen molar-refractivity contribution in [2.45, 2.75) is 71.1 Å². The summed E-state index contributed by atoms with van der Waals surface area (Å²) in [7, 11) is 0. The number of carbonyl (C=O) groups is 3. The zero-order valence-electron chi connectivity index (χ0n) is 26.7. The van der Waals surface area contributed by atoms with Crippen LogP contribution in [0.5, 0.6) is 5.75 Å². The minimum absolute atomic E-state index is 0.0432. The number of Topliss-reactive ketones (excluding diaryl/α,β-unsaturated/α-hetero) is 2. The van der Waals surface area contributed by atoms with Gasteiger partial charge in [-0.1, -0.05) is 63.2 Å². The van der Waals surface area contributed by atoms with E-state index in [0.29, 0.717) is 18.9 Å². The molecule has 266 valence electrons. The zero-order valence-corrected chi connectivity index (χ0v) is 26.7. The Hall–Kier alpha value is -3.59. The fraction of sp³-hybridized carbons (Fsp3) is 0.545. The normalized spacial score (nSPS) is 18.9. The molecule has 2 heterocycles. The fourth-order valence-corrected chi connectivity index (χ4v) is 5.87. The molecule has 0 spiro atoms. The van der Waals surface area contributed by atoms with Crippen LogP contribution >= 0.6 is 0 Å². The molecule has 0 aromatic heterocycles. The first-order valence-electron chi connectivity index (χ1n) is 15.4. The lowest BCUT2D eigenvalue weighted by Gasteiger charge is -2.49. The van der Waals surface area contributed by atoms with E-state index in [-0.39, 0.29) is 29.2 Å². The number of ether oxygens (including phenoxy) is 1. The van der Waals surface area contributed by atoms with Crippen LogP contribution in [-0.2, 0) is 14.4 Å². The van der Waals surface area contributed by atoms with Crippen molar-refractivity contribution in [2.24, 2.45) is 11.3 Å². The van der Waals surface area contributed by atoms with Gasteiger partial charge in [0.25, 0.3) is 0 Å². The number of carbonyl (C=O) groups excluding carboxylic acids is 3. The molecule has 1 N–H and O–H groups in total. The summed E-state index contributed by atoms with van der Waals surface area (Å²) in [6, 6.07) is 17.2. The maximum absolute atomic E-state index is 13.5. The van der Waals surface area contributed by atoms with Gasteiger partial charge in [-0.3, -0.25) is 19.3 Å². The first-order chi connectivity index (χ1) is 22.3. The molecule has 1 unspecified atom stereocenters. The SMILES string of the molecule is CC(C)(C)[C@H]1CN(C(c2ccccc2)c2ccc(OC(F)F)cc2)CCN1C(=O)CC1CCNCC1.O=C(C(=O)C(F)(F)F)C(F)(F)F. The number of piperazine rings is 1. The number of benzene rings is 2. The molecule has 0 bridgehead atoms.